The minimum atomic E-state index is 1.09. The molecule has 6 aromatic carbocycles. The van der Waals surface area contributed by atoms with Gasteiger partial charge in [-0.2, -0.15) is 0 Å². The molecule has 0 spiro atoms. The lowest BCUT2D eigenvalue weighted by atomic mass is 9.91. The molecular formula is C39H29Br. The Labute approximate surface area is 245 Å². The third-order valence-corrected chi connectivity index (χ3v) is 7.86. The summed E-state index contributed by atoms with van der Waals surface area (Å²) in [5.41, 5.74) is 13.4. The Kier molecular flexibility index (Phi) is 7.57. The van der Waals surface area contributed by atoms with E-state index in [2.05, 4.69) is 181 Å². The monoisotopic (exact) mass is 576 g/mol. The first kappa shape index (κ1) is 25.8. The van der Waals surface area contributed by atoms with Crippen LogP contribution in [0.2, 0.25) is 0 Å². The highest BCUT2D eigenvalue weighted by Gasteiger charge is 2.09. The molecule has 192 valence electrons. The SMILES string of the molecule is Cc1ccccc1-c1ccc(-c2cccc(-c3ccc(Br)cc3)c2)cc1/C=C\c1ccc(-c2ccccc2)cc1. The van der Waals surface area contributed by atoms with Crippen molar-refractivity contribution >= 4 is 28.1 Å². The second kappa shape index (κ2) is 11.7. The maximum absolute atomic E-state index is 3.55. The van der Waals surface area contributed by atoms with Gasteiger partial charge in [-0.3, -0.25) is 0 Å². The smallest absolute Gasteiger partial charge is 0.0175 e. The number of hydrogen-bond acceptors (Lipinski definition) is 0. The summed E-state index contributed by atoms with van der Waals surface area (Å²) in [6.45, 7) is 2.18. The van der Waals surface area contributed by atoms with E-state index in [1.54, 1.807) is 0 Å². The van der Waals surface area contributed by atoms with E-state index >= 15 is 0 Å². The first-order chi connectivity index (χ1) is 19.6. The van der Waals surface area contributed by atoms with Crippen molar-refractivity contribution in [1.29, 1.82) is 0 Å². The molecule has 0 aliphatic heterocycles. The van der Waals surface area contributed by atoms with Gasteiger partial charge in [0.15, 0.2) is 0 Å². The zero-order valence-corrected chi connectivity index (χ0v) is 24.0. The fraction of sp³-hybridized carbons (Fsp3) is 0.0256. The lowest BCUT2D eigenvalue weighted by Crippen LogP contribution is -1.89. The van der Waals surface area contributed by atoms with Crippen LogP contribution < -0.4 is 0 Å². The Morgan fingerprint density at radius 3 is 1.73 bits per heavy atom. The predicted molar refractivity (Wildman–Crippen MR) is 176 cm³/mol. The Bertz CT molecular complexity index is 1780. The molecule has 0 nitrogen and oxygen atoms in total. The molecule has 0 atom stereocenters. The van der Waals surface area contributed by atoms with Crippen molar-refractivity contribution in [3.8, 4) is 44.5 Å². The fourth-order valence-electron chi connectivity index (χ4n) is 5.12. The summed E-state index contributed by atoms with van der Waals surface area (Å²) in [7, 11) is 0. The van der Waals surface area contributed by atoms with Crippen LogP contribution in [0.25, 0.3) is 56.7 Å². The first-order valence-corrected chi connectivity index (χ1v) is 14.3. The van der Waals surface area contributed by atoms with E-state index in [1.807, 2.05) is 0 Å². The van der Waals surface area contributed by atoms with Gasteiger partial charge in [-0.25, -0.2) is 0 Å². The van der Waals surface area contributed by atoms with Crippen molar-refractivity contribution in [3.63, 3.8) is 0 Å². The Morgan fingerprint density at radius 1 is 0.425 bits per heavy atom. The van der Waals surface area contributed by atoms with Gasteiger partial charge in [0.25, 0.3) is 0 Å². The van der Waals surface area contributed by atoms with Crippen LogP contribution >= 0.6 is 15.9 Å². The quantitative estimate of drug-likeness (QED) is 0.173. The molecule has 6 aromatic rings. The third kappa shape index (κ3) is 5.76. The molecule has 0 aliphatic rings. The zero-order chi connectivity index (χ0) is 27.3. The largest absolute Gasteiger partial charge is 0.0622 e. The van der Waals surface area contributed by atoms with Crippen molar-refractivity contribution < 1.29 is 0 Å². The van der Waals surface area contributed by atoms with Crippen LogP contribution in [0.1, 0.15) is 16.7 Å². The maximum Gasteiger partial charge on any atom is 0.0175 e. The molecule has 0 bridgehead atoms. The minimum absolute atomic E-state index is 1.09. The van der Waals surface area contributed by atoms with Gasteiger partial charge in [-0.05, 0) is 92.4 Å². The summed E-state index contributed by atoms with van der Waals surface area (Å²) in [6.07, 6.45) is 4.47. The Balaban J connectivity index is 1.38. The topological polar surface area (TPSA) is 0 Å². The van der Waals surface area contributed by atoms with Gasteiger partial charge in [0.1, 0.15) is 0 Å². The lowest BCUT2D eigenvalue weighted by Gasteiger charge is -2.13. The highest BCUT2D eigenvalue weighted by atomic mass is 79.9. The van der Waals surface area contributed by atoms with Crippen LogP contribution in [-0.2, 0) is 0 Å². The van der Waals surface area contributed by atoms with Crippen molar-refractivity contribution in [3.05, 3.63) is 167 Å². The molecule has 0 radical (unpaired) electrons. The average molecular weight is 578 g/mol. The Hall–Kier alpha value is -4.46. The zero-order valence-electron chi connectivity index (χ0n) is 22.4. The van der Waals surface area contributed by atoms with E-state index in [1.165, 1.54) is 61.2 Å². The molecule has 1 heteroatoms. The highest BCUT2D eigenvalue weighted by Crippen LogP contribution is 2.34. The maximum atomic E-state index is 3.55. The van der Waals surface area contributed by atoms with Crippen LogP contribution in [-0.4, -0.2) is 0 Å². The van der Waals surface area contributed by atoms with Gasteiger partial charge in [0.05, 0.1) is 0 Å². The summed E-state index contributed by atoms with van der Waals surface area (Å²) in [4.78, 5) is 0. The van der Waals surface area contributed by atoms with Crippen LogP contribution in [0.15, 0.2) is 150 Å². The number of aryl methyl sites for hydroxylation is 1. The summed E-state index contributed by atoms with van der Waals surface area (Å²) >= 11 is 3.55. The molecule has 0 heterocycles. The molecule has 0 saturated carbocycles. The highest BCUT2D eigenvalue weighted by molar-refractivity contribution is 9.10. The van der Waals surface area contributed by atoms with Crippen molar-refractivity contribution in [2.45, 2.75) is 6.92 Å². The summed E-state index contributed by atoms with van der Waals surface area (Å²) < 4.78 is 1.09. The van der Waals surface area contributed by atoms with Gasteiger partial charge in [-0.15, -0.1) is 0 Å². The van der Waals surface area contributed by atoms with E-state index in [-0.39, 0.29) is 0 Å². The van der Waals surface area contributed by atoms with Crippen molar-refractivity contribution in [1.82, 2.24) is 0 Å². The van der Waals surface area contributed by atoms with Gasteiger partial charge in [0.2, 0.25) is 0 Å². The van der Waals surface area contributed by atoms with Gasteiger partial charge < -0.3 is 0 Å². The van der Waals surface area contributed by atoms with Gasteiger partial charge in [-0.1, -0.05) is 149 Å². The van der Waals surface area contributed by atoms with E-state index in [0.717, 1.165) is 4.47 Å². The molecule has 0 aliphatic carbocycles. The van der Waals surface area contributed by atoms with Crippen LogP contribution in [0, 0.1) is 6.92 Å². The van der Waals surface area contributed by atoms with Gasteiger partial charge >= 0.3 is 0 Å². The summed E-state index contributed by atoms with van der Waals surface area (Å²) in [6, 6.07) is 52.0. The molecule has 0 amide bonds. The van der Waals surface area contributed by atoms with Crippen molar-refractivity contribution in [2.24, 2.45) is 0 Å². The Morgan fingerprint density at radius 2 is 0.975 bits per heavy atom. The fourth-order valence-corrected chi connectivity index (χ4v) is 5.39. The molecule has 6 rings (SSSR count). The van der Waals surface area contributed by atoms with E-state index in [4.69, 9.17) is 0 Å². The van der Waals surface area contributed by atoms with E-state index in [9.17, 15) is 0 Å². The number of hydrogen-bond donors (Lipinski definition) is 0. The first-order valence-electron chi connectivity index (χ1n) is 13.5. The normalized spacial score (nSPS) is 11.2. The van der Waals surface area contributed by atoms with Crippen LogP contribution in [0.4, 0.5) is 0 Å². The van der Waals surface area contributed by atoms with E-state index < -0.39 is 0 Å². The second-order valence-corrected chi connectivity index (χ2v) is 10.9. The molecule has 0 saturated heterocycles. The molecular weight excluding hydrogens is 548 g/mol. The molecule has 0 unspecified atom stereocenters. The standard InChI is InChI=1S/C39H29Br/c1-28-8-5-6-13-38(28)39-25-22-35(34-12-7-11-33(26-34)32-20-23-37(40)24-21-32)27-36(39)19-16-29-14-17-31(18-15-29)30-9-3-2-4-10-30/h2-27H,1H3/b19-16-. The molecule has 0 fully saturated rings. The van der Waals surface area contributed by atoms with Gasteiger partial charge in [0, 0.05) is 4.47 Å². The predicted octanol–water partition coefficient (Wildman–Crippen LogP) is 11.6. The lowest BCUT2D eigenvalue weighted by molar-refractivity contribution is 1.45. The third-order valence-electron chi connectivity index (χ3n) is 7.33. The van der Waals surface area contributed by atoms with E-state index in [0.29, 0.717) is 0 Å². The van der Waals surface area contributed by atoms with Crippen molar-refractivity contribution in [2.75, 3.05) is 0 Å². The average Bonchev–Trinajstić information content (AvgIpc) is 3.01. The van der Waals surface area contributed by atoms with Crippen LogP contribution in [0.5, 0.6) is 0 Å². The molecule has 0 N–H and O–H groups in total. The number of benzene rings is 6. The molecule has 40 heavy (non-hydrogen) atoms. The molecule has 0 aromatic heterocycles. The minimum Gasteiger partial charge on any atom is -0.0622 e. The number of rotatable bonds is 6. The number of halogens is 1. The van der Waals surface area contributed by atoms with Crippen LogP contribution in [0.3, 0.4) is 0 Å². The summed E-state index contributed by atoms with van der Waals surface area (Å²) in [5, 5.41) is 0. The summed E-state index contributed by atoms with van der Waals surface area (Å²) in [5.74, 6) is 0. The second-order valence-electron chi connectivity index (χ2n) is 10.0.